The third-order valence-electron chi connectivity index (χ3n) is 3.47. The van der Waals surface area contributed by atoms with Crippen molar-refractivity contribution < 1.29 is 4.79 Å². The van der Waals surface area contributed by atoms with E-state index < -0.39 is 0 Å². The molecule has 2 nitrogen and oxygen atoms in total. The average molecular weight is 244 g/mol. The topological polar surface area (TPSA) is 17.1 Å². The predicted molar refractivity (Wildman–Crippen MR) is 77.5 cm³/mol. The summed E-state index contributed by atoms with van der Waals surface area (Å²) >= 11 is 0. The molecule has 96 valence electrons. The number of allylic oxidation sites excluding steroid dienone is 1. The van der Waals surface area contributed by atoms with Gasteiger partial charge in [-0.25, -0.2) is 0 Å². The Morgan fingerprint density at radius 3 is 2.17 bits per heavy atom. The third kappa shape index (κ3) is 3.08. The molecular weight excluding hydrogens is 222 g/mol. The zero-order chi connectivity index (χ0) is 13.2. The fraction of sp³-hybridized carbons (Fsp3) is 0.438. The lowest BCUT2D eigenvalue weighted by molar-refractivity contribution is -0.116. The summed E-state index contributed by atoms with van der Waals surface area (Å²) in [5.41, 5.74) is 3.41. The maximum Gasteiger partial charge on any atom is 0.158 e. The summed E-state index contributed by atoms with van der Waals surface area (Å²) in [7, 11) is 6.45. The average Bonchev–Trinajstić information content (AvgIpc) is 2.32. The normalized spacial score (nSPS) is 19.3. The number of carbonyl (C=O) groups excluding carboxylic acids is 1. The number of ketones is 1. The Morgan fingerprint density at radius 2 is 1.61 bits per heavy atom. The molecule has 0 radical (unpaired) electrons. The van der Waals surface area contributed by atoms with Crippen molar-refractivity contribution >= 4 is 17.5 Å². The van der Waals surface area contributed by atoms with Gasteiger partial charge in [-0.1, -0.05) is 0 Å². The first-order valence-corrected chi connectivity index (χ1v) is 6.63. The Morgan fingerprint density at radius 1 is 1.00 bits per heavy atom. The van der Waals surface area contributed by atoms with Gasteiger partial charge >= 0.3 is 0 Å². The van der Waals surface area contributed by atoms with Gasteiger partial charge in [0, 0.05) is 6.42 Å². The molecular formula is C16H22NO+. The Hall–Kier alpha value is -1.41. The van der Waals surface area contributed by atoms with E-state index in [1.165, 1.54) is 5.69 Å². The van der Waals surface area contributed by atoms with E-state index in [4.69, 9.17) is 0 Å². The molecule has 0 amide bonds. The maximum absolute atomic E-state index is 11.8. The van der Waals surface area contributed by atoms with Crippen LogP contribution in [0.3, 0.4) is 0 Å². The van der Waals surface area contributed by atoms with Gasteiger partial charge in [-0.2, -0.15) is 0 Å². The van der Waals surface area contributed by atoms with Crippen LogP contribution in [-0.4, -0.2) is 26.9 Å². The number of rotatable bonds is 2. The molecule has 1 aliphatic carbocycles. The fourth-order valence-corrected chi connectivity index (χ4v) is 2.27. The van der Waals surface area contributed by atoms with Crippen molar-refractivity contribution in [1.82, 2.24) is 4.48 Å². The molecule has 0 bridgehead atoms. The van der Waals surface area contributed by atoms with Crippen molar-refractivity contribution in [2.45, 2.75) is 25.7 Å². The molecule has 1 saturated carbocycles. The van der Waals surface area contributed by atoms with Crippen LogP contribution >= 0.6 is 0 Å². The van der Waals surface area contributed by atoms with Crippen LogP contribution in [-0.2, 0) is 4.79 Å². The molecule has 0 atom stereocenters. The smallest absolute Gasteiger partial charge is 0.158 e. The molecule has 0 N–H and O–H groups in total. The molecule has 18 heavy (non-hydrogen) atoms. The second-order valence-electron chi connectivity index (χ2n) is 5.90. The van der Waals surface area contributed by atoms with Crippen molar-refractivity contribution in [3.8, 4) is 0 Å². The summed E-state index contributed by atoms with van der Waals surface area (Å²) in [4.78, 5) is 11.8. The van der Waals surface area contributed by atoms with Gasteiger partial charge in [0.1, 0.15) is 5.69 Å². The number of Topliss-reactive ketones (excluding diaryl/α,β-unsaturated/α-hetero) is 1. The van der Waals surface area contributed by atoms with E-state index in [2.05, 4.69) is 51.5 Å². The van der Waals surface area contributed by atoms with Gasteiger partial charge < -0.3 is 0 Å². The molecule has 0 aromatic heterocycles. The summed E-state index contributed by atoms with van der Waals surface area (Å²) < 4.78 is 0.815. The second-order valence-corrected chi connectivity index (χ2v) is 5.90. The van der Waals surface area contributed by atoms with Gasteiger partial charge in [-0.3, -0.25) is 9.28 Å². The Labute approximate surface area is 110 Å². The van der Waals surface area contributed by atoms with Crippen molar-refractivity contribution in [3.63, 3.8) is 0 Å². The van der Waals surface area contributed by atoms with Crippen LogP contribution in [0.25, 0.3) is 6.08 Å². The van der Waals surface area contributed by atoms with E-state index in [1.54, 1.807) is 0 Å². The van der Waals surface area contributed by atoms with E-state index in [-0.39, 0.29) is 0 Å². The number of nitrogens with zero attached hydrogens (tertiary/aromatic N) is 1. The van der Waals surface area contributed by atoms with Gasteiger partial charge in [0.05, 0.1) is 21.1 Å². The first-order chi connectivity index (χ1) is 8.47. The first kappa shape index (κ1) is 13.0. The molecule has 1 aromatic rings. The first-order valence-electron chi connectivity index (χ1n) is 6.63. The monoisotopic (exact) mass is 244 g/mol. The highest BCUT2D eigenvalue weighted by Crippen LogP contribution is 2.23. The molecule has 0 spiro atoms. The number of carbonyl (C=O) groups is 1. The SMILES string of the molecule is C[N+](C)(C)c1ccc(/C=C2/CCCCC2=O)cc1. The molecule has 1 aromatic carbocycles. The van der Waals surface area contributed by atoms with E-state index in [1.807, 2.05) is 0 Å². The van der Waals surface area contributed by atoms with Crippen molar-refractivity contribution in [2.24, 2.45) is 0 Å². The molecule has 0 heterocycles. The van der Waals surface area contributed by atoms with Crippen molar-refractivity contribution in [1.29, 1.82) is 0 Å². The lowest BCUT2D eigenvalue weighted by Gasteiger charge is -2.23. The summed E-state index contributed by atoms with van der Waals surface area (Å²) in [6, 6.07) is 8.49. The Balaban J connectivity index is 2.20. The molecule has 0 unspecified atom stereocenters. The van der Waals surface area contributed by atoms with Gasteiger partial charge in [0.15, 0.2) is 5.78 Å². The minimum Gasteiger partial charge on any atom is -0.298 e. The van der Waals surface area contributed by atoms with Gasteiger partial charge in [0.25, 0.3) is 0 Å². The lowest BCUT2D eigenvalue weighted by atomic mass is 9.92. The summed E-state index contributed by atoms with van der Waals surface area (Å²) in [6.07, 6.45) is 5.92. The zero-order valence-corrected chi connectivity index (χ0v) is 11.6. The van der Waals surface area contributed by atoms with E-state index in [9.17, 15) is 4.79 Å². The fourth-order valence-electron chi connectivity index (χ4n) is 2.27. The zero-order valence-electron chi connectivity index (χ0n) is 11.6. The Bertz CT molecular complexity index is 463. The van der Waals surface area contributed by atoms with Crippen molar-refractivity contribution in [2.75, 3.05) is 21.1 Å². The molecule has 0 saturated heterocycles. The van der Waals surface area contributed by atoms with Crippen LogP contribution < -0.4 is 4.48 Å². The summed E-state index contributed by atoms with van der Waals surface area (Å²) in [5.74, 6) is 0.330. The van der Waals surface area contributed by atoms with Crippen LogP contribution in [0.4, 0.5) is 5.69 Å². The molecule has 2 rings (SSSR count). The van der Waals surface area contributed by atoms with Gasteiger partial charge in [0.2, 0.25) is 0 Å². The Kier molecular flexibility index (Phi) is 3.67. The highest BCUT2D eigenvalue weighted by atomic mass is 16.1. The van der Waals surface area contributed by atoms with Gasteiger partial charge in [-0.05, 0) is 60.7 Å². The van der Waals surface area contributed by atoms with Gasteiger partial charge in [-0.15, -0.1) is 0 Å². The standard InChI is InChI=1S/C16H22NO/c1-17(2,3)15-10-8-13(9-11-15)12-14-6-4-5-7-16(14)18/h8-12H,4-7H2,1-3H3/q+1/b14-12-. The van der Waals surface area contributed by atoms with Crippen LogP contribution in [0.15, 0.2) is 29.8 Å². The summed E-state index contributed by atoms with van der Waals surface area (Å²) in [6.45, 7) is 0. The second kappa shape index (κ2) is 5.07. The quantitative estimate of drug-likeness (QED) is 0.575. The molecule has 0 aliphatic heterocycles. The largest absolute Gasteiger partial charge is 0.298 e. The summed E-state index contributed by atoms with van der Waals surface area (Å²) in [5, 5.41) is 0. The van der Waals surface area contributed by atoms with Crippen LogP contribution in [0.2, 0.25) is 0 Å². The number of quaternary nitrogens is 1. The van der Waals surface area contributed by atoms with Crippen LogP contribution in [0.1, 0.15) is 31.2 Å². The van der Waals surface area contributed by atoms with Crippen LogP contribution in [0, 0.1) is 0 Å². The molecule has 1 fully saturated rings. The van der Waals surface area contributed by atoms with E-state index >= 15 is 0 Å². The lowest BCUT2D eigenvalue weighted by Crippen LogP contribution is -2.34. The van der Waals surface area contributed by atoms with E-state index in [0.29, 0.717) is 5.78 Å². The predicted octanol–water partition coefficient (Wildman–Crippen LogP) is 3.41. The molecule has 2 heteroatoms. The van der Waals surface area contributed by atoms with Crippen molar-refractivity contribution in [3.05, 3.63) is 35.4 Å². The number of hydrogen-bond donors (Lipinski definition) is 0. The third-order valence-corrected chi connectivity index (χ3v) is 3.47. The maximum atomic E-state index is 11.8. The number of hydrogen-bond acceptors (Lipinski definition) is 1. The number of benzene rings is 1. The minimum atomic E-state index is 0.330. The van der Waals surface area contributed by atoms with E-state index in [0.717, 1.165) is 41.3 Å². The minimum absolute atomic E-state index is 0.330. The van der Waals surface area contributed by atoms with Crippen LogP contribution in [0.5, 0.6) is 0 Å². The molecule has 1 aliphatic rings. The highest BCUT2D eigenvalue weighted by Gasteiger charge is 2.15. The highest BCUT2D eigenvalue weighted by molar-refractivity contribution is 6.00.